The highest BCUT2D eigenvalue weighted by Crippen LogP contribution is 2.22. The van der Waals surface area contributed by atoms with E-state index in [-0.39, 0.29) is 17.7 Å². The Balaban J connectivity index is 1.44. The van der Waals surface area contributed by atoms with Gasteiger partial charge in [0.25, 0.3) is 0 Å². The number of piperidine rings is 1. The summed E-state index contributed by atoms with van der Waals surface area (Å²) in [5, 5.41) is 6.53. The van der Waals surface area contributed by atoms with Crippen LogP contribution >= 0.6 is 11.3 Å². The molecule has 1 saturated heterocycles. The Hall–Kier alpha value is -2.25. The summed E-state index contributed by atoms with van der Waals surface area (Å²) in [7, 11) is 0. The lowest BCUT2D eigenvalue weighted by molar-refractivity contribution is -0.121. The zero-order chi connectivity index (χ0) is 19.4. The SMILES string of the molecule is Cc1cc(C)cc(NC(=O)CN2CCC(C(=O)Nc3ncc(C)s3)CC2)c1. The van der Waals surface area contributed by atoms with Gasteiger partial charge in [-0.15, -0.1) is 11.3 Å². The Labute approximate surface area is 164 Å². The normalized spacial score (nSPS) is 15.5. The van der Waals surface area contributed by atoms with Crippen molar-refractivity contribution >= 4 is 34.0 Å². The molecule has 0 saturated carbocycles. The maximum absolute atomic E-state index is 12.4. The molecular weight excluding hydrogens is 360 g/mol. The molecule has 0 atom stereocenters. The lowest BCUT2D eigenvalue weighted by atomic mass is 9.96. The zero-order valence-corrected chi connectivity index (χ0v) is 16.9. The van der Waals surface area contributed by atoms with Gasteiger partial charge in [-0.1, -0.05) is 6.07 Å². The topological polar surface area (TPSA) is 74.3 Å². The molecule has 1 aromatic heterocycles. The summed E-state index contributed by atoms with van der Waals surface area (Å²) in [6.45, 7) is 7.85. The quantitative estimate of drug-likeness (QED) is 0.826. The maximum atomic E-state index is 12.4. The van der Waals surface area contributed by atoms with Gasteiger partial charge in [0.15, 0.2) is 5.13 Å². The van der Waals surface area contributed by atoms with Crippen molar-refractivity contribution in [3.8, 4) is 0 Å². The van der Waals surface area contributed by atoms with Crippen molar-refractivity contribution in [2.24, 2.45) is 5.92 Å². The second kappa shape index (κ2) is 8.63. The number of benzene rings is 1. The summed E-state index contributed by atoms with van der Waals surface area (Å²) in [4.78, 5) is 32.1. The van der Waals surface area contributed by atoms with Crippen molar-refractivity contribution < 1.29 is 9.59 Å². The van der Waals surface area contributed by atoms with Gasteiger partial charge >= 0.3 is 0 Å². The van der Waals surface area contributed by atoms with Crippen LogP contribution in [-0.4, -0.2) is 41.3 Å². The molecule has 0 spiro atoms. The molecule has 1 fully saturated rings. The van der Waals surface area contributed by atoms with Gasteiger partial charge in [-0.2, -0.15) is 0 Å². The fourth-order valence-electron chi connectivity index (χ4n) is 3.42. The van der Waals surface area contributed by atoms with Crippen LogP contribution in [0.15, 0.2) is 24.4 Å². The second-order valence-corrected chi connectivity index (χ2v) is 8.48. The summed E-state index contributed by atoms with van der Waals surface area (Å²) < 4.78 is 0. The number of amides is 2. The number of hydrogen-bond donors (Lipinski definition) is 2. The first-order valence-corrected chi connectivity index (χ1v) is 10.0. The minimum Gasteiger partial charge on any atom is -0.325 e. The molecule has 0 aliphatic carbocycles. The van der Waals surface area contributed by atoms with E-state index in [9.17, 15) is 9.59 Å². The number of anilines is 2. The molecule has 2 N–H and O–H groups in total. The van der Waals surface area contributed by atoms with E-state index in [1.807, 2.05) is 32.9 Å². The smallest absolute Gasteiger partial charge is 0.238 e. The first kappa shape index (κ1) is 19.5. The van der Waals surface area contributed by atoms with Crippen molar-refractivity contribution in [2.45, 2.75) is 33.6 Å². The third-order valence-electron chi connectivity index (χ3n) is 4.68. The molecule has 1 aliphatic rings. The minimum atomic E-state index is -0.0204. The average Bonchev–Trinajstić information content (AvgIpc) is 2.99. The fourth-order valence-corrected chi connectivity index (χ4v) is 4.09. The molecule has 2 aromatic rings. The molecule has 27 heavy (non-hydrogen) atoms. The largest absolute Gasteiger partial charge is 0.325 e. The predicted molar refractivity (Wildman–Crippen MR) is 109 cm³/mol. The number of carbonyl (C=O) groups is 2. The molecule has 1 aromatic carbocycles. The fraction of sp³-hybridized carbons (Fsp3) is 0.450. The highest BCUT2D eigenvalue weighted by Gasteiger charge is 2.26. The molecule has 6 nitrogen and oxygen atoms in total. The van der Waals surface area contributed by atoms with Gasteiger partial charge in [-0.25, -0.2) is 4.98 Å². The van der Waals surface area contributed by atoms with Gasteiger partial charge in [0.1, 0.15) is 0 Å². The third-order valence-corrected chi connectivity index (χ3v) is 5.51. The van der Waals surface area contributed by atoms with Gasteiger partial charge in [-0.05, 0) is 70.0 Å². The molecule has 2 heterocycles. The molecule has 3 rings (SSSR count). The van der Waals surface area contributed by atoms with Crippen LogP contribution in [0.5, 0.6) is 0 Å². The van der Waals surface area contributed by atoms with Gasteiger partial charge in [0, 0.05) is 22.7 Å². The number of aromatic nitrogens is 1. The molecule has 144 valence electrons. The summed E-state index contributed by atoms with van der Waals surface area (Å²) in [6, 6.07) is 6.03. The predicted octanol–water partition coefficient (Wildman–Crippen LogP) is 3.36. The highest BCUT2D eigenvalue weighted by molar-refractivity contribution is 7.15. The number of likely N-dealkylation sites (tertiary alicyclic amines) is 1. The van der Waals surface area contributed by atoms with Gasteiger partial charge in [0.2, 0.25) is 11.8 Å². The van der Waals surface area contributed by atoms with E-state index >= 15 is 0 Å². The first-order chi connectivity index (χ1) is 12.9. The number of rotatable bonds is 5. The lowest BCUT2D eigenvalue weighted by Crippen LogP contribution is -2.41. The Morgan fingerprint density at radius 3 is 2.37 bits per heavy atom. The molecular formula is C20H26N4O2S. The Kier molecular flexibility index (Phi) is 6.23. The van der Waals surface area contributed by atoms with E-state index in [0.717, 1.165) is 47.6 Å². The Morgan fingerprint density at radius 2 is 1.78 bits per heavy atom. The monoisotopic (exact) mass is 386 g/mol. The number of carbonyl (C=O) groups excluding carboxylic acids is 2. The maximum Gasteiger partial charge on any atom is 0.238 e. The van der Waals surface area contributed by atoms with Gasteiger partial charge < -0.3 is 10.6 Å². The van der Waals surface area contributed by atoms with E-state index in [4.69, 9.17) is 0 Å². The van der Waals surface area contributed by atoms with Crippen LogP contribution in [0, 0.1) is 26.7 Å². The molecule has 0 bridgehead atoms. The summed E-state index contributed by atoms with van der Waals surface area (Å²) in [5.74, 6) is -0.00205. The average molecular weight is 387 g/mol. The first-order valence-electron chi connectivity index (χ1n) is 9.23. The number of thiazole rings is 1. The van der Waals surface area contributed by atoms with Crippen molar-refractivity contribution in [1.29, 1.82) is 0 Å². The van der Waals surface area contributed by atoms with E-state index in [0.29, 0.717) is 11.7 Å². The van der Waals surface area contributed by atoms with Crippen molar-refractivity contribution in [3.63, 3.8) is 0 Å². The number of aryl methyl sites for hydroxylation is 3. The number of nitrogens with zero attached hydrogens (tertiary/aromatic N) is 2. The Morgan fingerprint density at radius 1 is 1.11 bits per heavy atom. The molecule has 7 heteroatoms. The van der Waals surface area contributed by atoms with Gasteiger partial charge in [-0.3, -0.25) is 14.5 Å². The molecule has 2 amide bonds. The molecule has 1 aliphatic heterocycles. The summed E-state index contributed by atoms with van der Waals surface area (Å²) in [5.41, 5.74) is 3.10. The van der Waals surface area contributed by atoms with Crippen LogP contribution in [0.2, 0.25) is 0 Å². The lowest BCUT2D eigenvalue weighted by Gasteiger charge is -2.30. The highest BCUT2D eigenvalue weighted by atomic mass is 32.1. The van der Waals surface area contributed by atoms with Crippen LogP contribution in [-0.2, 0) is 9.59 Å². The van der Waals surface area contributed by atoms with E-state index in [1.54, 1.807) is 6.20 Å². The minimum absolute atomic E-state index is 0.0128. The van der Waals surface area contributed by atoms with Crippen molar-refractivity contribution in [3.05, 3.63) is 40.4 Å². The Bertz CT molecular complexity index is 805. The van der Waals surface area contributed by atoms with E-state index in [1.165, 1.54) is 11.3 Å². The standard InChI is InChI=1S/C20H26N4O2S/c1-13-8-14(2)10-17(9-13)22-18(25)12-24-6-4-16(5-7-24)19(26)23-20-21-11-15(3)27-20/h8-11,16H,4-7,12H2,1-3H3,(H,22,25)(H,21,23,26). The van der Waals surface area contributed by atoms with Crippen molar-refractivity contribution in [1.82, 2.24) is 9.88 Å². The van der Waals surface area contributed by atoms with Crippen LogP contribution < -0.4 is 10.6 Å². The zero-order valence-electron chi connectivity index (χ0n) is 16.0. The summed E-state index contributed by atoms with van der Waals surface area (Å²) >= 11 is 1.49. The molecule has 0 unspecified atom stereocenters. The number of hydrogen-bond acceptors (Lipinski definition) is 5. The molecule has 0 radical (unpaired) electrons. The van der Waals surface area contributed by atoms with Crippen LogP contribution in [0.3, 0.4) is 0 Å². The number of nitrogens with one attached hydrogen (secondary N) is 2. The van der Waals surface area contributed by atoms with E-state index in [2.05, 4.69) is 26.6 Å². The van der Waals surface area contributed by atoms with E-state index < -0.39 is 0 Å². The van der Waals surface area contributed by atoms with Crippen LogP contribution in [0.4, 0.5) is 10.8 Å². The second-order valence-electron chi connectivity index (χ2n) is 7.24. The van der Waals surface area contributed by atoms with Gasteiger partial charge in [0.05, 0.1) is 6.54 Å². The van der Waals surface area contributed by atoms with Crippen LogP contribution in [0.1, 0.15) is 28.8 Å². The summed E-state index contributed by atoms with van der Waals surface area (Å²) in [6.07, 6.45) is 3.28. The van der Waals surface area contributed by atoms with Crippen molar-refractivity contribution in [2.75, 3.05) is 30.3 Å². The van der Waals surface area contributed by atoms with Crippen LogP contribution in [0.25, 0.3) is 0 Å². The third kappa shape index (κ3) is 5.61.